The zero-order valence-electron chi connectivity index (χ0n) is 20.3. The molecule has 3 heterocycles. The maximum Gasteiger partial charge on any atom is 0.416 e. The van der Waals surface area contributed by atoms with Gasteiger partial charge in [0.15, 0.2) is 5.67 Å². The Morgan fingerprint density at radius 3 is 2.79 bits per heavy atom. The fourth-order valence-corrected chi connectivity index (χ4v) is 5.04. The van der Waals surface area contributed by atoms with E-state index in [4.69, 9.17) is 4.74 Å². The number of aliphatic hydroxyl groups is 1. The van der Waals surface area contributed by atoms with E-state index in [1.165, 1.54) is 18.3 Å². The highest BCUT2D eigenvalue weighted by molar-refractivity contribution is 6.04. The first-order valence-electron chi connectivity index (χ1n) is 11.9. The molecule has 1 amide bonds. The van der Waals surface area contributed by atoms with Crippen molar-refractivity contribution in [1.82, 2.24) is 4.98 Å². The standard InChI is InChI=1S/C27H24F5N3O3/c1-15-20(10-19(12-33-15)34-25(37)16-3-2-4-18(7-16)27(30,31)32)17-8-22(28)21-11-26(29,14-36)24-13-38-6-5-35(24)23(21)9-17/h2-4,7-10,12,24,36H,5-6,11,13-14H2,1H3,(H,34,37)/t24-,26-/m0/s1. The number of rotatable bonds is 4. The first kappa shape index (κ1) is 26.1. The number of benzene rings is 2. The lowest BCUT2D eigenvalue weighted by atomic mass is 9.82. The van der Waals surface area contributed by atoms with Gasteiger partial charge in [-0.15, -0.1) is 0 Å². The van der Waals surface area contributed by atoms with Crippen LogP contribution in [0.25, 0.3) is 11.1 Å². The Morgan fingerprint density at radius 1 is 1.26 bits per heavy atom. The maximum atomic E-state index is 15.5. The number of hydrogen-bond donors (Lipinski definition) is 2. The number of carbonyl (C=O) groups excluding carboxylic acids is 1. The Hall–Kier alpha value is -3.57. The Balaban J connectivity index is 1.48. The molecule has 1 fully saturated rings. The van der Waals surface area contributed by atoms with Crippen LogP contribution in [-0.2, 0) is 17.3 Å². The Labute approximate surface area is 215 Å². The summed E-state index contributed by atoms with van der Waals surface area (Å²) < 4.78 is 75.5. The number of carbonyl (C=O) groups is 1. The van der Waals surface area contributed by atoms with Crippen LogP contribution in [0.5, 0.6) is 0 Å². The minimum Gasteiger partial charge on any atom is -0.393 e. The van der Waals surface area contributed by atoms with E-state index in [1.54, 1.807) is 24.0 Å². The van der Waals surface area contributed by atoms with Gasteiger partial charge in [0.25, 0.3) is 5.91 Å². The molecule has 1 aromatic heterocycles. The Kier molecular flexibility index (Phi) is 6.60. The van der Waals surface area contributed by atoms with Crippen molar-refractivity contribution in [2.75, 3.05) is 36.6 Å². The van der Waals surface area contributed by atoms with Crippen molar-refractivity contribution >= 4 is 17.3 Å². The molecule has 2 N–H and O–H groups in total. The summed E-state index contributed by atoms with van der Waals surface area (Å²) in [7, 11) is 0. The average molecular weight is 533 g/mol. The van der Waals surface area contributed by atoms with Crippen LogP contribution in [0.3, 0.4) is 0 Å². The molecule has 1 saturated heterocycles. The molecule has 200 valence electrons. The van der Waals surface area contributed by atoms with Crippen molar-refractivity contribution in [2.24, 2.45) is 0 Å². The normalized spacial score (nSPS) is 21.0. The van der Waals surface area contributed by atoms with Crippen LogP contribution in [0.1, 0.15) is 27.2 Å². The summed E-state index contributed by atoms with van der Waals surface area (Å²) in [4.78, 5) is 18.7. The van der Waals surface area contributed by atoms with Crippen LogP contribution >= 0.6 is 0 Å². The van der Waals surface area contributed by atoms with Crippen molar-refractivity contribution in [2.45, 2.75) is 31.2 Å². The first-order chi connectivity index (χ1) is 18.0. The van der Waals surface area contributed by atoms with Crippen molar-refractivity contribution in [3.8, 4) is 11.1 Å². The fourth-order valence-electron chi connectivity index (χ4n) is 5.04. The molecule has 0 radical (unpaired) electrons. The number of alkyl halides is 4. The average Bonchev–Trinajstić information content (AvgIpc) is 2.90. The van der Waals surface area contributed by atoms with Crippen LogP contribution in [0.4, 0.5) is 33.3 Å². The number of nitrogens with one attached hydrogen (secondary N) is 1. The molecule has 38 heavy (non-hydrogen) atoms. The number of anilines is 2. The molecule has 2 aromatic carbocycles. The molecule has 0 aliphatic carbocycles. The molecule has 5 rings (SSSR count). The number of aromatic nitrogens is 1. The second-order valence-electron chi connectivity index (χ2n) is 9.50. The van der Waals surface area contributed by atoms with E-state index in [2.05, 4.69) is 10.3 Å². The number of nitrogens with zero attached hydrogens (tertiary/aromatic N) is 2. The van der Waals surface area contributed by atoms with Gasteiger partial charge in [-0.25, -0.2) is 8.78 Å². The monoisotopic (exact) mass is 533 g/mol. The number of hydrogen-bond acceptors (Lipinski definition) is 5. The minimum atomic E-state index is -4.59. The van der Waals surface area contributed by atoms with Crippen molar-refractivity contribution in [1.29, 1.82) is 0 Å². The number of halogens is 5. The predicted octanol–water partition coefficient (Wildman–Crippen LogP) is 4.93. The van der Waals surface area contributed by atoms with Gasteiger partial charge in [-0.3, -0.25) is 9.78 Å². The van der Waals surface area contributed by atoms with Gasteiger partial charge in [-0.1, -0.05) is 6.07 Å². The van der Waals surface area contributed by atoms with E-state index >= 15 is 8.78 Å². The third kappa shape index (κ3) is 4.71. The van der Waals surface area contributed by atoms with Crippen molar-refractivity contribution in [3.63, 3.8) is 0 Å². The molecule has 2 atom stereocenters. The van der Waals surface area contributed by atoms with Crippen molar-refractivity contribution < 1.29 is 36.6 Å². The van der Waals surface area contributed by atoms with Crippen LogP contribution in [0.15, 0.2) is 48.7 Å². The predicted molar refractivity (Wildman–Crippen MR) is 130 cm³/mol. The Morgan fingerprint density at radius 2 is 2.05 bits per heavy atom. The number of amides is 1. The minimum absolute atomic E-state index is 0.0555. The topological polar surface area (TPSA) is 74.7 Å². The number of ether oxygens (including phenoxy) is 1. The molecule has 0 saturated carbocycles. The van der Waals surface area contributed by atoms with E-state index in [9.17, 15) is 23.1 Å². The van der Waals surface area contributed by atoms with E-state index < -0.39 is 41.8 Å². The maximum absolute atomic E-state index is 15.5. The highest BCUT2D eigenvalue weighted by Gasteiger charge is 2.49. The molecule has 6 nitrogen and oxygen atoms in total. The van der Waals surface area contributed by atoms with Gasteiger partial charge in [0.05, 0.1) is 43.3 Å². The van der Waals surface area contributed by atoms with Crippen molar-refractivity contribution in [3.05, 3.63) is 76.9 Å². The molecule has 11 heteroatoms. The van der Waals surface area contributed by atoms with Crippen LogP contribution in [0.2, 0.25) is 0 Å². The quantitative estimate of drug-likeness (QED) is 0.466. The summed E-state index contributed by atoms with van der Waals surface area (Å²) in [6.07, 6.45) is -3.54. The van der Waals surface area contributed by atoms with Crippen LogP contribution in [-0.4, -0.2) is 54.1 Å². The number of pyridine rings is 1. The lowest BCUT2D eigenvalue weighted by Gasteiger charge is -2.48. The number of aliphatic hydroxyl groups excluding tert-OH is 1. The van der Waals surface area contributed by atoms with E-state index in [-0.39, 0.29) is 29.8 Å². The fraction of sp³-hybridized carbons (Fsp3) is 0.333. The molecule has 3 aromatic rings. The molecule has 0 bridgehead atoms. The molecule has 2 aliphatic rings. The van der Waals surface area contributed by atoms with Crippen LogP contribution < -0.4 is 10.2 Å². The van der Waals surface area contributed by atoms with E-state index in [0.29, 0.717) is 35.7 Å². The van der Waals surface area contributed by atoms with Gasteiger partial charge in [0.1, 0.15) is 5.82 Å². The second kappa shape index (κ2) is 9.63. The summed E-state index contributed by atoms with van der Waals surface area (Å²) in [5.41, 5.74) is -0.892. The summed E-state index contributed by atoms with van der Waals surface area (Å²) in [6, 6.07) is 7.79. The SMILES string of the molecule is Cc1ncc(NC(=O)c2cccc(C(F)(F)F)c2)cc1-c1cc(F)c2c(c1)N1CCOC[C@H]1[C@@](F)(CO)C2. The number of morpholine rings is 1. The third-order valence-electron chi connectivity index (χ3n) is 7.05. The summed E-state index contributed by atoms with van der Waals surface area (Å²) >= 11 is 0. The largest absolute Gasteiger partial charge is 0.416 e. The smallest absolute Gasteiger partial charge is 0.393 e. The van der Waals surface area contributed by atoms with Gasteiger partial charge in [0, 0.05) is 41.0 Å². The van der Waals surface area contributed by atoms with Gasteiger partial charge >= 0.3 is 6.18 Å². The van der Waals surface area contributed by atoms with Gasteiger partial charge in [-0.2, -0.15) is 13.2 Å². The Bertz CT molecular complexity index is 1400. The highest BCUT2D eigenvalue weighted by atomic mass is 19.4. The van der Waals surface area contributed by atoms with Crippen LogP contribution in [0, 0.1) is 12.7 Å². The number of fused-ring (bicyclic) bond motifs is 3. The summed E-state index contributed by atoms with van der Waals surface area (Å²) in [5, 5.41) is 12.3. The first-order valence-corrected chi connectivity index (χ1v) is 11.9. The molecule has 0 spiro atoms. The summed E-state index contributed by atoms with van der Waals surface area (Å²) in [6.45, 7) is 1.62. The second-order valence-corrected chi connectivity index (χ2v) is 9.50. The highest BCUT2D eigenvalue weighted by Crippen LogP contribution is 2.43. The van der Waals surface area contributed by atoms with Gasteiger partial charge in [-0.05, 0) is 48.9 Å². The lowest BCUT2D eigenvalue weighted by molar-refractivity contribution is -0.137. The van der Waals surface area contributed by atoms with E-state index in [1.807, 2.05) is 0 Å². The molecule has 0 unspecified atom stereocenters. The summed E-state index contributed by atoms with van der Waals surface area (Å²) in [5.74, 6) is -1.40. The lowest BCUT2D eigenvalue weighted by Crippen LogP contribution is -2.62. The van der Waals surface area contributed by atoms with Gasteiger partial charge < -0.3 is 20.1 Å². The molecular weight excluding hydrogens is 509 g/mol. The number of aryl methyl sites for hydroxylation is 1. The zero-order valence-corrected chi connectivity index (χ0v) is 20.3. The van der Waals surface area contributed by atoms with Gasteiger partial charge in [0.2, 0.25) is 0 Å². The molecular formula is C27H24F5N3O3. The van der Waals surface area contributed by atoms with E-state index in [0.717, 1.165) is 18.2 Å². The third-order valence-corrected chi connectivity index (χ3v) is 7.05. The zero-order chi connectivity index (χ0) is 27.2. The molecule has 2 aliphatic heterocycles.